The lowest BCUT2D eigenvalue weighted by molar-refractivity contribution is -0.339. The maximum Gasteiger partial charge on any atom is 0.310 e. The number of carboxylic acids is 3. The third kappa shape index (κ3) is 14.0. The van der Waals surface area contributed by atoms with E-state index in [4.69, 9.17) is 33.0 Å². The topological polar surface area (TPSA) is 215 Å². The van der Waals surface area contributed by atoms with E-state index in [9.17, 15) is 39.4 Å². The quantitative estimate of drug-likeness (QED) is 0.137. The lowest BCUT2D eigenvalue weighted by Gasteiger charge is -2.37. The number of carboxylic acid groups (broad SMARTS) is 3. The highest BCUT2D eigenvalue weighted by Crippen LogP contribution is 2.33. The number of ether oxygens (including phenoxy) is 1. The lowest BCUT2D eigenvalue weighted by atomic mass is 9.96. The van der Waals surface area contributed by atoms with Crippen LogP contribution in [0, 0.1) is 4.91 Å². The number of benzene rings is 2. The van der Waals surface area contributed by atoms with E-state index in [0.29, 0.717) is 28.9 Å². The maximum absolute atomic E-state index is 12.5. The van der Waals surface area contributed by atoms with Gasteiger partial charge in [0.15, 0.2) is 0 Å². The number of nitrogens with zero attached hydrogens (tertiary/aromatic N) is 3. The standard InChI is InChI=1S/C24H30Cl2N4O3S.C6H8O7/c1-24(2,34-28-32)17-30-12-10-29(11-13-30)14-15-33-22(31)16-18-6-3-4-9-21(18)27-23-19(25)7-5-8-20(23)26;7-3(8)1-6(13,5(11)12)2-4(9)10/h3-9,27H,10-17H2,1-2H3;13H,1-2H2,(H,7,8)(H,9,10)(H,11,12)/p-3. The molecule has 258 valence electrons. The van der Waals surface area contributed by atoms with Crippen molar-refractivity contribution in [1.29, 1.82) is 0 Å². The molecular formula is C30H35Cl2N4O10S-3. The van der Waals surface area contributed by atoms with Crippen molar-refractivity contribution in [1.82, 2.24) is 9.80 Å². The van der Waals surface area contributed by atoms with Crippen LogP contribution in [0.1, 0.15) is 32.3 Å². The van der Waals surface area contributed by atoms with Crippen molar-refractivity contribution < 1.29 is 44.3 Å². The molecule has 3 rings (SSSR count). The van der Waals surface area contributed by atoms with Gasteiger partial charge in [-0.1, -0.05) is 47.5 Å². The van der Waals surface area contributed by atoms with Crippen molar-refractivity contribution in [3.63, 3.8) is 0 Å². The smallest absolute Gasteiger partial charge is 0.310 e. The summed E-state index contributed by atoms with van der Waals surface area (Å²) in [4.78, 5) is 57.7. The van der Waals surface area contributed by atoms with Crippen molar-refractivity contribution in [2.45, 2.75) is 43.5 Å². The summed E-state index contributed by atoms with van der Waals surface area (Å²) in [5.41, 5.74) is -0.800. The van der Waals surface area contributed by atoms with Gasteiger partial charge in [0.05, 0.1) is 28.1 Å². The molecule has 0 atom stereocenters. The summed E-state index contributed by atoms with van der Waals surface area (Å²) in [6, 6.07) is 12.8. The first kappa shape index (κ1) is 39.7. The number of halogens is 2. The van der Waals surface area contributed by atoms with Gasteiger partial charge in [-0.3, -0.25) is 14.6 Å². The molecule has 0 radical (unpaired) electrons. The second kappa shape index (κ2) is 18.8. The molecule has 1 fully saturated rings. The Labute approximate surface area is 286 Å². The molecule has 0 amide bonds. The minimum atomic E-state index is -2.97. The van der Waals surface area contributed by atoms with Crippen molar-refractivity contribution in [3.8, 4) is 0 Å². The van der Waals surface area contributed by atoms with Gasteiger partial charge in [0, 0.05) is 91.0 Å². The van der Waals surface area contributed by atoms with E-state index in [1.165, 1.54) is 0 Å². The number of para-hydroxylation sites is 2. The molecule has 0 bridgehead atoms. The number of carbonyl (C=O) groups is 4. The van der Waals surface area contributed by atoms with E-state index in [2.05, 4.69) is 19.7 Å². The van der Waals surface area contributed by atoms with E-state index in [-0.39, 0.29) is 17.1 Å². The normalized spacial score (nSPS) is 14.0. The fraction of sp³-hybridized carbons (Fsp3) is 0.467. The number of anilines is 2. The Bertz CT molecular complexity index is 1370. The lowest BCUT2D eigenvalue weighted by Crippen LogP contribution is -2.54. The summed E-state index contributed by atoms with van der Waals surface area (Å²) in [5.74, 6) is -6.26. The molecule has 0 spiro atoms. The molecule has 0 aliphatic carbocycles. The highest BCUT2D eigenvalue weighted by atomic mass is 35.5. The third-order valence-electron chi connectivity index (χ3n) is 6.85. The zero-order valence-electron chi connectivity index (χ0n) is 25.7. The van der Waals surface area contributed by atoms with Crippen LogP contribution in [0.3, 0.4) is 0 Å². The summed E-state index contributed by atoms with van der Waals surface area (Å²) in [6.45, 7) is 9.56. The van der Waals surface area contributed by atoms with Gasteiger partial charge in [0.25, 0.3) is 0 Å². The first-order valence-electron chi connectivity index (χ1n) is 14.3. The predicted octanol–water partition coefficient (Wildman–Crippen LogP) is 0.381. The Morgan fingerprint density at radius 3 is 2.02 bits per heavy atom. The van der Waals surface area contributed by atoms with Gasteiger partial charge in [-0.05, 0) is 37.6 Å². The molecule has 47 heavy (non-hydrogen) atoms. The molecule has 0 saturated carbocycles. The Balaban J connectivity index is 0.000000500. The molecule has 1 aliphatic rings. The van der Waals surface area contributed by atoms with E-state index in [1.54, 1.807) is 18.2 Å². The average Bonchev–Trinajstić information content (AvgIpc) is 2.96. The summed E-state index contributed by atoms with van der Waals surface area (Å²) < 4.78 is 8.30. The van der Waals surface area contributed by atoms with Gasteiger partial charge in [0.2, 0.25) is 0 Å². The highest BCUT2D eigenvalue weighted by molar-refractivity contribution is 7.99. The van der Waals surface area contributed by atoms with Crippen LogP contribution in [0.25, 0.3) is 0 Å². The molecule has 2 aromatic carbocycles. The molecule has 0 aromatic heterocycles. The minimum absolute atomic E-state index is 0.149. The van der Waals surface area contributed by atoms with E-state index in [1.807, 2.05) is 38.1 Å². The molecular weight excluding hydrogens is 679 g/mol. The van der Waals surface area contributed by atoms with Crippen molar-refractivity contribution in [3.05, 3.63) is 63.0 Å². The third-order valence-corrected chi connectivity index (χ3v) is 8.18. The molecule has 0 unspecified atom stereocenters. The number of rotatable bonds is 16. The Kier molecular flexibility index (Phi) is 15.8. The number of piperazine rings is 1. The monoisotopic (exact) mass is 713 g/mol. The zero-order chi connectivity index (χ0) is 35.2. The summed E-state index contributed by atoms with van der Waals surface area (Å²) in [5, 5.41) is 43.2. The van der Waals surface area contributed by atoms with Crippen molar-refractivity contribution in [2.24, 2.45) is 4.58 Å². The molecule has 1 saturated heterocycles. The number of aliphatic carboxylic acids is 3. The second-order valence-electron chi connectivity index (χ2n) is 11.2. The van der Waals surface area contributed by atoms with Gasteiger partial charge < -0.3 is 44.9 Å². The van der Waals surface area contributed by atoms with Crippen LogP contribution >= 0.6 is 35.1 Å². The zero-order valence-corrected chi connectivity index (χ0v) is 28.1. The second-order valence-corrected chi connectivity index (χ2v) is 13.5. The molecule has 14 nitrogen and oxygen atoms in total. The highest BCUT2D eigenvalue weighted by Gasteiger charge is 2.29. The molecule has 1 aliphatic heterocycles. The number of hydrogen-bond acceptors (Lipinski definition) is 15. The van der Waals surface area contributed by atoms with Crippen LogP contribution in [0.2, 0.25) is 10.0 Å². The minimum Gasteiger partial charge on any atom is -0.550 e. The maximum atomic E-state index is 12.5. The van der Waals surface area contributed by atoms with E-state index < -0.39 is 36.4 Å². The van der Waals surface area contributed by atoms with Crippen LogP contribution in [0.15, 0.2) is 47.0 Å². The fourth-order valence-corrected chi connectivity index (χ4v) is 5.50. The van der Waals surface area contributed by atoms with Crippen LogP contribution in [0.5, 0.6) is 0 Å². The molecule has 1 heterocycles. The number of carbonyl (C=O) groups excluding carboxylic acids is 4. The average molecular weight is 715 g/mol. The Morgan fingerprint density at radius 1 is 0.936 bits per heavy atom. The Hall–Kier alpha value is -3.47. The Morgan fingerprint density at radius 2 is 1.49 bits per heavy atom. The van der Waals surface area contributed by atoms with Crippen LogP contribution in [0.4, 0.5) is 11.4 Å². The van der Waals surface area contributed by atoms with Crippen molar-refractivity contribution >= 4 is 70.4 Å². The first-order chi connectivity index (χ1) is 22.0. The van der Waals surface area contributed by atoms with Crippen LogP contribution in [-0.4, -0.2) is 95.0 Å². The number of nitroso groups, excluding NO2 is 1. The van der Waals surface area contributed by atoms with E-state index in [0.717, 1.165) is 55.9 Å². The summed E-state index contributed by atoms with van der Waals surface area (Å²) in [7, 11) is 0. The van der Waals surface area contributed by atoms with E-state index >= 15 is 0 Å². The van der Waals surface area contributed by atoms with Gasteiger partial charge >= 0.3 is 5.97 Å². The van der Waals surface area contributed by atoms with Gasteiger partial charge in [-0.25, -0.2) is 0 Å². The molecule has 17 heteroatoms. The van der Waals surface area contributed by atoms with Gasteiger partial charge in [-0.15, -0.1) is 4.91 Å². The number of hydrogen-bond donors (Lipinski definition) is 2. The summed E-state index contributed by atoms with van der Waals surface area (Å²) >= 11 is 13.6. The summed E-state index contributed by atoms with van der Waals surface area (Å²) in [6.07, 6.45) is -2.57. The number of nitrogens with one attached hydrogen (secondary N) is 1. The number of esters is 1. The SMILES string of the molecule is CC(C)(CN1CCN(CCOC(=O)Cc2ccccc2Nc2c(Cl)cccc2Cl)CC1)SN=O.O=C([O-])CC(O)(CC(=O)[O-])C(=O)[O-]. The number of aliphatic hydroxyl groups is 1. The molecule has 2 N–H and O–H groups in total. The first-order valence-corrected chi connectivity index (χ1v) is 15.8. The molecule has 2 aromatic rings. The van der Waals surface area contributed by atoms with Gasteiger partial charge in [-0.2, -0.15) is 0 Å². The van der Waals surface area contributed by atoms with Crippen LogP contribution < -0.4 is 20.6 Å². The predicted molar refractivity (Wildman–Crippen MR) is 170 cm³/mol. The van der Waals surface area contributed by atoms with Crippen molar-refractivity contribution in [2.75, 3.05) is 51.2 Å². The largest absolute Gasteiger partial charge is 0.550 e. The van der Waals surface area contributed by atoms with Gasteiger partial charge in [0.1, 0.15) is 12.2 Å². The fourth-order valence-electron chi connectivity index (χ4n) is 4.57. The van der Waals surface area contributed by atoms with Crippen LogP contribution in [-0.2, 0) is 30.3 Å².